The zero-order chi connectivity index (χ0) is 20.2. The molecule has 4 rings (SSSR count). The highest BCUT2D eigenvalue weighted by Gasteiger charge is 2.20. The lowest BCUT2D eigenvalue weighted by molar-refractivity contribution is 0.191. The molecule has 1 aromatic carbocycles. The fraction of sp³-hybridized carbons (Fsp3) is 0.455. The number of aryl methyl sites for hydroxylation is 1. The summed E-state index contributed by atoms with van der Waals surface area (Å²) in [5, 5.41) is 11.3. The van der Waals surface area contributed by atoms with Crippen LogP contribution in [0, 0.1) is 12.7 Å². The minimum atomic E-state index is -0.205. The molecule has 1 saturated heterocycles. The first kappa shape index (κ1) is 19.8. The Hall–Kier alpha value is -2.51. The van der Waals surface area contributed by atoms with Crippen LogP contribution in [0.25, 0.3) is 5.52 Å². The van der Waals surface area contributed by atoms with Crippen molar-refractivity contribution < 1.29 is 4.39 Å². The molecule has 0 aliphatic carbocycles. The van der Waals surface area contributed by atoms with Gasteiger partial charge < -0.3 is 10.6 Å². The summed E-state index contributed by atoms with van der Waals surface area (Å²) in [6.07, 6.45) is 7.06. The second kappa shape index (κ2) is 8.88. The Morgan fingerprint density at radius 3 is 2.79 bits per heavy atom. The maximum Gasteiger partial charge on any atom is 0.158 e. The SMILES string of the molecule is CCCNC1CCN(Cc2ccn3ncnc(Nc4ccc(F)c(C)c4)c23)CC1. The molecule has 6 nitrogen and oxygen atoms in total. The number of nitrogens with zero attached hydrogens (tertiary/aromatic N) is 4. The summed E-state index contributed by atoms with van der Waals surface area (Å²) in [6.45, 7) is 8.13. The minimum Gasteiger partial charge on any atom is -0.338 e. The van der Waals surface area contributed by atoms with Gasteiger partial charge in [0.25, 0.3) is 0 Å². The number of nitrogens with one attached hydrogen (secondary N) is 2. The lowest BCUT2D eigenvalue weighted by Gasteiger charge is -2.32. The molecule has 0 spiro atoms. The third kappa shape index (κ3) is 4.57. The van der Waals surface area contributed by atoms with Crippen LogP contribution in [0.1, 0.15) is 37.3 Å². The van der Waals surface area contributed by atoms with E-state index in [-0.39, 0.29) is 5.82 Å². The average Bonchev–Trinajstić information content (AvgIpc) is 3.14. The van der Waals surface area contributed by atoms with E-state index in [1.54, 1.807) is 25.4 Å². The molecule has 3 heterocycles. The Bertz CT molecular complexity index is 961. The van der Waals surface area contributed by atoms with Gasteiger partial charge in [-0.25, -0.2) is 13.9 Å². The molecule has 0 saturated carbocycles. The number of halogens is 1. The summed E-state index contributed by atoms with van der Waals surface area (Å²) in [5.41, 5.74) is 3.60. The highest BCUT2D eigenvalue weighted by atomic mass is 19.1. The smallest absolute Gasteiger partial charge is 0.158 e. The number of rotatable bonds is 7. The highest BCUT2D eigenvalue weighted by Crippen LogP contribution is 2.25. The second-order valence-corrected chi connectivity index (χ2v) is 7.84. The molecule has 154 valence electrons. The van der Waals surface area contributed by atoms with E-state index in [0.29, 0.717) is 11.6 Å². The van der Waals surface area contributed by atoms with Gasteiger partial charge in [-0.2, -0.15) is 5.10 Å². The third-order valence-corrected chi connectivity index (χ3v) is 5.62. The van der Waals surface area contributed by atoms with Gasteiger partial charge in [-0.3, -0.25) is 4.90 Å². The molecule has 2 aromatic heterocycles. The number of likely N-dealkylation sites (tertiary alicyclic amines) is 1. The van der Waals surface area contributed by atoms with Gasteiger partial charge in [-0.05, 0) is 81.2 Å². The molecular formula is C22H29FN6. The quantitative estimate of drug-likeness (QED) is 0.635. The highest BCUT2D eigenvalue weighted by molar-refractivity contribution is 5.76. The van der Waals surface area contributed by atoms with E-state index in [1.807, 2.05) is 10.7 Å². The van der Waals surface area contributed by atoms with Crippen molar-refractivity contribution in [2.45, 2.75) is 45.7 Å². The van der Waals surface area contributed by atoms with Crippen LogP contribution in [0.5, 0.6) is 0 Å². The average molecular weight is 397 g/mol. The van der Waals surface area contributed by atoms with Crippen molar-refractivity contribution in [1.29, 1.82) is 0 Å². The van der Waals surface area contributed by atoms with Crippen molar-refractivity contribution in [1.82, 2.24) is 24.8 Å². The van der Waals surface area contributed by atoms with Gasteiger partial charge in [0.05, 0.1) is 0 Å². The Morgan fingerprint density at radius 2 is 2.03 bits per heavy atom. The first-order chi connectivity index (χ1) is 14.1. The lowest BCUT2D eigenvalue weighted by Crippen LogP contribution is -2.42. The van der Waals surface area contributed by atoms with Crippen LogP contribution in [0.4, 0.5) is 15.9 Å². The van der Waals surface area contributed by atoms with Crippen LogP contribution in [0.2, 0.25) is 0 Å². The molecule has 0 unspecified atom stereocenters. The molecule has 0 bridgehead atoms. The number of hydrogen-bond donors (Lipinski definition) is 2. The molecule has 2 N–H and O–H groups in total. The molecule has 1 aliphatic heterocycles. The topological polar surface area (TPSA) is 57.5 Å². The number of anilines is 2. The molecule has 7 heteroatoms. The van der Waals surface area contributed by atoms with Crippen molar-refractivity contribution in [2.75, 3.05) is 25.0 Å². The summed E-state index contributed by atoms with van der Waals surface area (Å²) in [7, 11) is 0. The maximum atomic E-state index is 13.6. The van der Waals surface area contributed by atoms with E-state index in [2.05, 4.69) is 38.6 Å². The zero-order valence-corrected chi connectivity index (χ0v) is 17.2. The first-order valence-corrected chi connectivity index (χ1v) is 10.4. The Balaban J connectivity index is 1.50. The van der Waals surface area contributed by atoms with E-state index in [0.717, 1.165) is 43.2 Å². The molecule has 1 aliphatic rings. The van der Waals surface area contributed by atoms with Gasteiger partial charge in [-0.1, -0.05) is 6.92 Å². The Kier molecular flexibility index (Phi) is 6.06. The van der Waals surface area contributed by atoms with E-state index in [1.165, 1.54) is 30.9 Å². The molecule has 0 radical (unpaired) electrons. The molecule has 29 heavy (non-hydrogen) atoms. The summed E-state index contributed by atoms with van der Waals surface area (Å²) in [4.78, 5) is 6.96. The van der Waals surface area contributed by atoms with Crippen LogP contribution < -0.4 is 10.6 Å². The van der Waals surface area contributed by atoms with Crippen LogP contribution in [0.3, 0.4) is 0 Å². The summed E-state index contributed by atoms with van der Waals surface area (Å²) >= 11 is 0. The van der Waals surface area contributed by atoms with Crippen molar-refractivity contribution >= 4 is 17.0 Å². The van der Waals surface area contributed by atoms with Gasteiger partial charge in [-0.15, -0.1) is 0 Å². The Labute approximate surface area is 171 Å². The normalized spacial score (nSPS) is 15.8. The predicted molar refractivity (Wildman–Crippen MR) is 114 cm³/mol. The van der Waals surface area contributed by atoms with E-state index in [4.69, 9.17) is 0 Å². The third-order valence-electron chi connectivity index (χ3n) is 5.62. The van der Waals surface area contributed by atoms with E-state index < -0.39 is 0 Å². The first-order valence-electron chi connectivity index (χ1n) is 10.4. The molecule has 0 amide bonds. The van der Waals surface area contributed by atoms with Crippen molar-refractivity contribution in [3.05, 3.63) is 53.7 Å². The molecular weight excluding hydrogens is 367 g/mol. The minimum absolute atomic E-state index is 0.205. The van der Waals surface area contributed by atoms with E-state index >= 15 is 0 Å². The number of hydrogen-bond acceptors (Lipinski definition) is 5. The van der Waals surface area contributed by atoms with E-state index in [9.17, 15) is 4.39 Å². The van der Waals surface area contributed by atoms with Gasteiger partial charge in [0.2, 0.25) is 0 Å². The van der Waals surface area contributed by atoms with Crippen LogP contribution in [-0.2, 0) is 6.54 Å². The number of piperidine rings is 1. The van der Waals surface area contributed by atoms with Crippen LogP contribution in [0.15, 0.2) is 36.8 Å². The van der Waals surface area contributed by atoms with Crippen molar-refractivity contribution in [3.8, 4) is 0 Å². The van der Waals surface area contributed by atoms with Crippen molar-refractivity contribution in [2.24, 2.45) is 0 Å². The molecule has 0 atom stereocenters. The molecule has 3 aromatic rings. The van der Waals surface area contributed by atoms with Crippen LogP contribution in [-0.4, -0.2) is 45.2 Å². The van der Waals surface area contributed by atoms with Crippen molar-refractivity contribution in [3.63, 3.8) is 0 Å². The second-order valence-electron chi connectivity index (χ2n) is 7.84. The lowest BCUT2D eigenvalue weighted by atomic mass is 10.0. The fourth-order valence-electron chi connectivity index (χ4n) is 3.98. The van der Waals surface area contributed by atoms with Gasteiger partial charge in [0, 0.05) is 24.5 Å². The van der Waals surface area contributed by atoms with Gasteiger partial charge in [0.1, 0.15) is 17.7 Å². The number of benzene rings is 1. The predicted octanol–water partition coefficient (Wildman–Crippen LogP) is 3.88. The fourth-order valence-corrected chi connectivity index (χ4v) is 3.98. The molecule has 1 fully saturated rings. The maximum absolute atomic E-state index is 13.6. The number of aromatic nitrogens is 3. The summed E-state index contributed by atoms with van der Waals surface area (Å²) < 4.78 is 15.5. The summed E-state index contributed by atoms with van der Waals surface area (Å²) in [6, 6.07) is 7.76. The number of fused-ring (bicyclic) bond motifs is 1. The van der Waals surface area contributed by atoms with Gasteiger partial charge in [0.15, 0.2) is 5.82 Å². The van der Waals surface area contributed by atoms with Gasteiger partial charge >= 0.3 is 0 Å². The zero-order valence-electron chi connectivity index (χ0n) is 17.2. The largest absolute Gasteiger partial charge is 0.338 e. The van der Waals surface area contributed by atoms with Crippen LogP contribution >= 0.6 is 0 Å². The standard InChI is InChI=1S/C22H29FN6/c1-3-9-24-18-7-10-28(11-8-18)14-17-6-12-29-21(17)22(25-15-26-29)27-19-4-5-20(23)16(2)13-19/h4-6,12-13,15,18,24H,3,7-11,14H2,1-2H3,(H,25,26,27). The monoisotopic (exact) mass is 396 g/mol. The Morgan fingerprint density at radius 1 is 1.21 bits per heavy atom. The summed E-state index contributed by atoms with van der Waals surface area (Å²) in [5.74, 6) is 0.536.